The molecule has 3 N–H and O–H groups in total. The highest BCUT2D eigenvalue weighted by atomic mass is 16.5. The molecular weight excluding hydrogens is 326 g/mol. The summed E-state index contributed by atoms with van der Waals surface area (Å²) < 4.78 is 9.56. The zero-order valence-electron chi connectivity index (χ0n) is 13.7. The molecule has 8 heteroatoms. The van der Waals surface area contributed by atoms with Crippen molar-refractivity contribution < 1.29 is 23.5 Å². The standard InChI is InChI=1S/C17H19N3O5/c1-24-11-16(22)20-14-4-2-3-13(9-14)19-15(21)5-7-18-17(23)12-6-8-25-10-12/h2-4,6,8-10H,5,7,11H2,1H3,(H,18,23)(H,19,21)(H,20,22). The monoisotopic (exact) mass is 345 g/mol. The molecule has 0 saturated heterocycles. The second-order valence-electron chi connectivity index (χ2n) is 5.13. The third-order valence-corrected chi connectivity index (χ3v) is 3.13. The van der Waals surface area contributed by atoms with Crippen LogP contribution in [0.5, 0.6) is 0 Å². The summed E-state index contributed by atoms with van der Waals surface area (Å²) in [6.45, 7) is 0.146. The number of anilines is 2. The van der Waals surface area contributed by atoms with Gasteiger partial charge in [-0.2, -0.15) is 0 Å². The van der Waals surface area contributed by atoms with Gasteiger partial charge in [0.15, 0.2) is 0 Å². The van der Waals surface area contributed by atoms with Crippen LogP contribution in [-0.2, 0) is 14.3 Å². The van der Waals surface area contributed by atoms with Crippen molar-refractivity contribution in [2.45, 2.75) is 6.42 Å². The Hall–Kier alpha value is -3.13. The van der Waals surface area contributed by atoms with Crippen molar-refractivity contribution in [3.63, 3.8) is 0 Å². The number of hydrogen-bond donors (Lipinski definition) is 3. The molecule has 1 aromatic carbocycles. The molecule has 1 aromatic heterocycles. The minimum Gasteiger partial charge on any atom is -0.472 e. The van der Waals surface area contributed by atoms with Gasteiger partial charge in [-0.3, -0.25) is 14.4 Å². The van der Waals surface area contributed by atoms with Crippen LogP contribution in [0.25, 0.3) is 0 Å². The van der Waals surface area contributed by atoms with Gasteiger partial charge in [-0.1, -0.05) is 6.07 Å². The molecule has 0 fully saturated rings. The van der Waals surface area contributed by atoms with E-state index in [2.05, 4.69) is 16.0 Å². The number of amides is 3. The molecular formula is C17H19N3O5. The van der Waals surface area contributed by atoms with E-state index < -0.39 is 0 Å². The van der Waals surface area contributed by atoms with Gasteiger partial charge in [0.05, 0.1) is 11.8 Å². The number of benzene rings is 1. The molecule has 0 radical (unpaired) electrons. The van der Waals surface area contributed by atoms with Gasteiger partial charge in [-0.25, -0.2) is 0 Å². The van der Waals surface area contributed by atoms with E-state index in [-0.39, 0.29) is 37.3 Å². The van der Waals surface area contributed by atoms with E-state index in [1.54, 1.807) is 30.3 Å². The number of ether oxygens (including phenoxy) is 1. The van der Waals surface area contributed by atoms with Crippen molar-refractivity contribution in [1.82, 2.24) is 5.32 Å². The fourth-order valence-electron chi connectivity index (χ4n) is 2.01. The van der Waals surface area contributed by atoms with Crippen LogP contribution in [0.1, 0.15) is 16.8 Å². The summed E-state index contributed by atoms with van der Waals surface area (Å²) >= 11 is 0. The lowest BCUT2D eigenvalue weighted by Crippen LogP contribution is -2.27. The molecule has 3 amide bonds. The largest absolute Gasteiger partial charge is 0.472 e. The van der Waals surface area contributed by atoms with Gasteiger partial charge < -0.3 is 25.1 Å². The molecule has 0 spiro atoms. The Balaban J connectivity index is 1.78. The highest BCUT2D eigenvalue weighted by Gasteiger charge is 2.08. The van der Waals surface area contributed by atoms with Crippen molar-refractivity contribution in [2.75, 3.05) is 30.9 Å². The quantitative estimate of drug-likeness (QED) is 0.673. The third kappa shape index (κ3) is 6.11. The van der Waals surface area contributed by atoms with Crippen LogP contribution in [0.2, 0.25) is 0 Å². The minimum atomic E-state index is -0.301. The summed E-state index contributed by atoms with van der Waals surface area (Å²) in [6, 6.07) is 8.29. The lowest BCUT2D eigenvalue weighted by molar-refractivity contribution is -0.119. The topological polar surface area (TPSA) is 110 Å². The Morgan fingerprint density at radius 1 is 1.08 bits per heavy atom. The maximum absolute atomic E-state index is 11.9. The summed E-state index contributed by atoms with van der Waals surface area (Å²) in [5.74, 6) is -0.842. The van der Waals surface area contributed by atoms with Crippen LogP contribution in [0.15, 0.2) is 47.3 Å². The van der Waals surface area contributed by atoms with Gasteiger partial charge >= 0.3 is 0 Å². The predicted molar refractivity (Wildman–Crippen MR) is 91.2 cm³/mol. The molecule has 0 bridgehead atoms. The van der Waals surface area contributed by atoms with Gasteiger partial charge in [0.1, 0.15) is 12.9 Å². The summed E-state index contributed by atoms with van der Waals surface area (Å²) in [5.41, 5.74) is 1.49. The van der Waals surface area contributed by atoms with Gasteiger partial charge in [-0.05, 0) is 24.3 Å². The van der Waals surface area contributed by atoms with Crippen LogP contribution in [-0.4, -0.2) is 38.0 Å². The Kier molecular flexibility index (Phi) is 6.73. The van der Waals surface area contributed by atoms with Crippen molar-refractivity contribution in [3.8, 4) is 0 Å². The molecule has 0 aliphatic carbocycles. The second-order valence-corrected chi connectivity index (χ2v) is 5.13. The van der Waals surface area contributed by atoms with Crippen LogP contribution in [0, 0.1) is 0 Å². The van der Waals surface area contributed by atoms with Crippen molar-refractivity contribution in [1.29, 1.82) is 0 Å². The number of carbonyl (C=O) groups is 3. The average Bonchev–Trinajstić information content (AvgIpc) is 3.09. The first-order valence-corrected chi connectivity index (χ1v) is 7.57. The van der Waals surface area contributed by atoms with Gasteiger partial charge in [-0.15, -0.1) is 0 Å². The molecule has 0 unspecified atom stereocenters. The van der Waals surface area contributed by atoms with Crippen LogP contribution in [0.4, 0.5) is 11.4 Å². The van der Waals surface area contributed by atoms with E-state index in [9.17, 15) is 14.4 Å². The Morgan fingerprint density at radius 2 is 1.80 bits per heavy atom. The van der Waals surface area contributed by atoms with Crippen molar-refractivity contribution >= 4 is 29.1 Å². The lowest BCUT2D eigenvalue weighted by atomic mass is 10.2. The Morgan fingerprint density at radius 3 is 2.44 bits per heavy atom. The van der Waals surface area contributed by atoms with Gasteiger partial charge in [0.2, 0.25) is 11.8 Å². The first-order valence-electron chi connectivity index (χ1n) is 7.57. The van der Waals surface area contributed by atoms with E-state index in [1.807, 2.05) is 0 Å². The maximum atomic E-state index is 11.9. The molecule has 2 rings (SSSR count). The smallest absolute Gasteiger partial charge is 0.254 e. The van der Waals surface area contributed by atoms with Gasteiger partial charge in [0.25, 0.3) is 5.91 Å². The molecule has 2 aromatic rings. The van der Waals surface area contributed by atoms with Crippen LogP contribution < -0.4 is 16.0 Å². The van der Waals surface area contributed by atoms with Crippen LogP contribution in [0.3, 0.4) is 0 Å². The number of nitrogens with one attached hydrogen (secondary N) is 3. The second kappa shape index (κ2) is 9.24. The zero-order chi connectivity index (χ0) is 18.1. The first-order chi connectivity index (χ1) is 12.1. The van der Waals surface area contributed by atoms with Crippen molar-refractivity contribution in [3.05, 3.63) is 48.4 Å². The lowest BCUT2D eigenvalue weighted by Gasteiger charge is -2.09. The molecule has 25 heavy (non-hydrogen) atoms. The number of rotatable bonds is 8. The normalized spacial score (nSPS) is 10.1. The zero-order valence-corrected chi connectivity index (χ0v) is 13.7. The van der Waals surface area contributed by atoms with E-state index in [4.69, 9.17) is 9.15 Å². The summed E-state index contributed by atoms with van der Waals surface area (Å²) in [4.78, 5) is 35.1. The van der Waals surface area contributed by atoms with Gasteiger partial charge in [0, 0.05) is 31.5 Å². The summed E-state index contributed by atoms with van der Waals surface area (Å²) in [7, 11) is 1.43. The Labute approximate surface area is 144 Å². The molecule has 8 nitrogen and oxygen atoms in total. The SMILES string of the molecule is COCC(=O)Nc1cccc(NC(=O)CCNC(=O)c2ccoc2)c1. The first kappa shape index (κ1) is 18.2. The minimum absolute atomic E-state index is 0.0487. The number of carbonyl (C=O) groups excluding carboxylic acids is 3. The third-order valence-electron chi connectivity index (χ3n) is 3.13. The highest BCUT2D eigenvalue weighted by molar-refractivity contribution is 5.96. The molecule has 1 heterocycles. The average molecular weight is 345 g/mol. The fourth-order valence-corrected chi connectivity index (χ4v) is 2.01. The molecule has 0 aliphatic rings. The number of hydrogen-bond acceptors (Lipinski definition) is 5. The van der Waals surface area contributed by atoms with E-state index in [1.165, 1.54) is 19.6 Å². The van der Waals surface area contributed by atoms with E-state index in [0.29, 0.717) is 16.9 Å². The number of furan rings is 1. The highest BCUT2D eigenvalue weighted by Crippen LogP contribution is 2.15. The summed E-state index contributed by atoms with van der Waals surface area (Å²) in [5, 5.41) is 7.98. The predicted octanol–water partition coefficient (Wildman–Crippen LogP) is 1.62. The molecule has 0 aliphatic heterocycles. The fraction of sp³-hybridized carbons (Fsp3) is 0.235. The van der Waals surface area contributed by atoms with E-state index in [0.717, 1.165) is 0 Å². The Bertz CT molecular complexity index is 728. The van der Waals surface area contributed by atoms with Crippen LogP contribution >= 0.6 is 0 Å². The maximum Gasteiger partial charge on any atom is 0.254 e. The molecule has 132 valence electrons. The number of methoxy groups -OCH3 is 1. The summed E-state index contributed by atoms with van der Waals surface area (Å²) in [6.07, 6.45) is 2.85. The van der Waals surface area contributed by atoms with E-state index >= 15 is 0 Å². The molecule has 0 atom stereocenters. The molecule has 0 saturated carbocycles. The van der Waals surface area contributed by atoms with Crippen molar-refractivity contribution in [2.24, 2.45) is 0 Å².